The zero-order valence-corrected chi connectivity index (χ0v) is 19.4. The zero-order valence-electron chi connectivity index (χ0n) is 18.6. The monoisotopic (exact) mass is 445 g/mol. The predicted octanol–water partition coefficient (Wildman–Crippen LogP) is 4.31. The molecule has 1 N–H and O–H groups in total. The van der Waals surface area contributed by atoms with E-state index in [1.165, 1.54) is 0 Å². The van der Waals surface area contributed by atoms with Gasteiger partial charge in [-0.1, -0.05) is 13.8 Å². The van der Waals surface area contributed by atoms with E-state index >= 15 is 0 Å². The van der Waals surface area contributed by atoms with Crippen molar-refractivity contribution in [1.82, 2.24) is 15.2 Å². The first kappa shape index (κ1) is 21.1. The van der Waals surface area contributed by atoms with Gasteiger partial charge in [0, 0.05) is 29.8 Å². The maximum Gasteiger partial charge on any atom is 0.282 e. The van der Waals surface area contributed by atoms with Crippen molar-refractivity contribution < 1.29 is 14.0 Å². The van der Waals surface area contributed by atoms with E-state index in [1.807, 2.05) is 5.38 Å². The average Bonchev–Trinajstić information content (AvgIpc) is 3.37. The molecular formula is C24H32FN3O2S. The molecule has 1 aromatic rings. The Labute approximate surface area is 187 Å². The molecule has 3 aliphatic carbocycles. The van der Waals surface area contributed by atoms with Gasteiger partial charge in [-0.2, -0.15) is 0 Å². The van der Waals surface area contributed by atoms with E-state index in [0.717, 1.165) is 44.2 Å². The molecule has 2 heterocycles. The van der Waals surface area contributed by atoms with Gasteiger partial charge >= 0.3 is 0 Å². The van der Waals surface area contributed by atoms with E-state index in [0.29, 0.717) is 24.3 Å². The summed E-state index contributed by atoms with van der Waals surface area (Å²) < 4.78 is 14.5. The highest BCUT2D eigenvalue weighted by Crippen LogP contribution is 2.65. The van der Waals surface area contributed by atoms with E-state index in [1.54, 1.807) is 34.9 Å². The van der Waals surface area contributed by atoms with Gasteiger partial charge in [0.25, 0.3) is 5.91 Å². The fourth-order valence-electron chi connectivity index (χ4n) is 7.89. The van der Waals surface area contributed by atoms with E-state index < -0.39 is 11.7 Å². The molecule has 3 fully saturated rings. The zero-order chi connectivity index (χ0) is 22.0. The van der Waals surface area contributed by atoms with E-state index in [4.69, 9.17) is 0 Å². The molecule has 0 saturated heterocycles. The van der Waals surface area contributed by atoms with E-state index in [-0.39, 0.29) is 28.7 Å². The molecule has 2 amide bonds. The lowest BCUT2D eigenvalue weighted by Crippen LogP contribution is -2.60. The lowest BCUT2D eigenvalue weighted by Gasteiger charge is -2.60. The van der Waals surface area contributed by atoms with Gasteiger partial charge in [-0.3, -0.25) is 9.59 Å². The number of likely N-dealkylation sites (N-methyl/N-ethyl adjacent to an activating group) is 1. The summed E-state index contributed by atoms with van der Waals surface area (Å²) in [7, 11) is 1.75. The molecule has 7 atom stereocenters. The molecule has 5 nitrogen and oxygen atoms in total. The van der Waals surface area contributed by atoms with Crippen LogP contribution in [0.25, 0.3) is 0 Å². The van der Waals surface area contributed by atoms with Gasteiger partial charge in [0.15, 0.2) is 5.83 Å². The first-order valence-corrected chi connectivity index (χ1v) is 12.5. The third kappa shape index (κ3) is 3.10. The summed E-state index contributed by atoms with van der Waals surface area (Å²) in [5, 5.41) is 5.10. The number of nitrogens with zero attached hydrogens (tertiary/aromatic N) is 2. The number of fused-ring (bicyclic) bond motifs is 5. The van der Waals surface area contributed by atoms with Crippen molar-refractivity contribution in [2.75, 3.05) is 7.05 Å². The Hall–Kier alpha value is -1.76. The van der Waals surface area contributed by atoms with Crippen LogP contribution in [0.3, 0.4) is 0 Å². The molecule has 0 radical (unpaired) electrons. The minimum Gasteiger partial charge on any atom is -0.350 e. The second kappa shape index (κ2) is 7.39. The Kier molecular flexibility index (Phi) is 5.03. The summed E-state index contributed by atoms with van der Waals surface area (Å²) >= 11 is 1.54. The molecule has 7 heteroatoms. The second-order valence-electron chi connectivity index (χ2n) is 10.6. The van der Waals surface area contributed by atoms with Gasteiger partial charge in [-0.05, 0) is 67.8 Å². The number of nitrogens with one attached hydrogen (secondary N) is 1. The van der Waals surface area contributed by atoms with Gasteiger partial charge < -0.3 is 10.2 Å². The molecule has 1 aromatic heterocycles. The van der Waals surface area contributed by atoms with Crippen LogP contribution in [-0.4, -0.2) is 34.8 Å². The van der Waals surface area contributed by atoms with Crippen LogP contribution in [-0.2, 0) is 16.1 Å². The predicted molar refractivity (Wildman–Crippen MR) is 118 cm³/mol. The number of hydrogen-bond donors (Lipinski definition) is 1. The number of aromatic nitrogens is 1. The SMILES string of the molecule is CN1C(=O)C(F)=C[C@@]2(C)C1CC[C@@H]1[C@H]2CC[C@]2(C)C(C(=O)NCc3cscn3)CC[C@@H]12. The molecule has 1 aliphatic heterocycles. The Morgan fingerprint density at radius 3 is 2.81 bits per heavy atom. The summed E-state index contributed by atoms with van der Waals surface area (Å²) in [5.41, 5.74) is 2.38. The number of carbonyl (C=O) groups excluding carboxylic acids is 2. The highest BCUT2D eigenvalue weighted by Gasteiger charge is 2.62. The van der Waals surface area contributed by atoms with Gasteiger partial charge in [0.1, 0.15) is 0 Å². The highest BCUT2D eigenvalue weighted by atomic mass is 32.1. The topological polar surface area (TPSA) is 62.3 Å². The summed E-state index contributed by atoms with van der Waals surface area (Å²) in [6, 6.07) is 0.0729. The minimum atomic E-state index is -0.596. The number of hydrogen-bond acceptors (Lipinski definition) is 4. The first-order chi connectivity index (χ1) is 14.8. The standard InChI is InChI=1S/C24H32FN3O2S/c1-23-9-8-17-15(4-7-20-24(17,2)10-19(25)22(30)28(20)3)16(23)5-6-18(23)21(29)26-11-14-12-31-13-27-14/h10,12-13,15-18,20H,4-9,11H2,1-3H3,(H,26,29)/t15-,16-,17+,18?,20?,23-,24+/m0/s1. The van der Waals surface area contributed by atoms with Gasteiger partial charge in [-0.25, -0.2) is 9.37 Å². The normalized spacial score (nSPS) is 41.8. The van der Waals surface area contributed by atoms with Crippen LogP contribution < -0.4 is 5.32 Å². The molecule has 0 bridgehead atoms. The van der Waals surface area contributed by atoms with Crippen molar-refractivity contribution in [1.29, 1.82) is 0 Å². The number of thiazole rings is 1. The molecule has 168 valence electrons. The second-order valence-corrected chi connectivity index (χ2v) is 11.3. The molecule has 0 spiro atoms. The average molecular weight is 446 g/mol. The fraction of sp³-hybridized carbons (Fsp3) is 0.708. The van der Waals surface area contributed by atoms with Crippen LogP contribution in [0.5, 0.6) is 0 Å². The molecule has 3 saturated carbocycles. The molecule has 2 unspecified atom stereocenters. The third-order valence-corrected chi connectivity index (χ3v) is 10.0. The van der Waals surface area contributed by atoms with Crippen molar-refractivity contribution in [2.45, 2.75) is 65.0 Å². The Morgan fingerprint density at radius 1 is 1.26 bits per heavy atom. The van der Waals surface area contributed by atoms with Crippen LogP contribution >= 0.6 is 11.3 Å². The highest BCUT2D eigenvalue weighted by molar-refractivity contribution is 7.07. The van der Waals surface area contributed by atoms with Crippen LogP contribution in [0.1, 0.15) is 58.1 Å². The summed E-state index contributed by atoms with van der Waals surface area (Å²) in [4.78, 5) is 31.3. The van der Waals surface area contributed by atoms with Crippen LogP contribution in [0.15, 0.2) is 22.8 Å². The van der Waals surface area contributed by atoms with Crippen molar-refractivity contribution in [3.8, 4) is 0 Å². The fourth-order valence-corrected chi connectivity index (χ4v) is 8.44. The van der Waals surface area contributed by atoms with Crippen LogP contribution in [0, 0.1) is 34.5 Å². The Morgan fingerprint density at radius 2 is 2.06 bits per heavy atom. The summed E-state index contributed by atoms with van der Waals surface area (Å²) in [5.74, 6) is 0.457. The maximum absolute atomic E-state index is 14.5. The molecule has 0 aromatic carbocycles. The first-order valence-electron chi connectivity index (χ1n) is 11.6. The molecule has 31 heavy (non-hydrogen) atoms. The largest absolute Gasteiger partial charge is 0.350 e. The number of halogens is 1. The number of rotatable bonds is 3. The van der Waals surface area contributed by atoms with Gasteiger partial charge in [0.05, 0.1) is 17.7 Å². The van der Waals surface area contributed by atoms with Crippen molar-refractivity contribution >= 4 is 23.2 Å². The summed E-state index contributed by atoms with van der Waals surface area (Å²) in [6.07, 6.45) is 7.59. The third-order valence-electron chi connectivity index (χ3n) is 9.40. The van der Waals surface area contributed by atoms with E-state index in [2.05, 4.69) is 24.1 Å². The number of carbonyl (C=O) groups is 2. The number of amides is 2. The lowest BCUT2D eigenvalue weighted by molar-refractivity contribution is -0.145. The van der Waals surface area contributed by atoms with Gasteiger partial charge in [-0.15, -0.1) is 11.3 Å². The van der Waals surface area contributed by atoms with Crippen LogP contribution in [0.4, 0.5) is 4.39 Å². The van der Waals surface area contributed by atoms with Crippen molar-refractivity contribution in [2.24, 2.45) is 34.5 Å². The molecule has 5 rings (SSSR count). The summed E-state index contributed by atoms with van der Waals surface area (Å²) in [6.45, 7) is 4.97. The quantitative estimate of drug-likeness (QED) is 0.754. The minimum absolute atomic E-state index is 0.00479. The van der Waals surface area contributed by atoms with Crippen molar-refractivity contribution in [3.05, 3.63) is 28.5 Å². The lowest BCUT2D eigenvalue weighted by atomic mass is 9.47. The van der Waals surface area contributed by atoms with Gasteiger partial charge in [0.2, 0.25) is 5.91 Å². The Bertz CT molecular complexity index is 918. The van der Waals surface area contributed by atoms with Crippen molar-refractivity contribution in [3.63, 3.8) is 0 Å². The Balaban J connectivity index is 1.36. The molecule has 4 aliphatic rings. The maximum atomic E-state index is 14.5. The smallest absolute Gasteiger partial charge is 0.282 e. The van der Waals surface area contributed by atoms with E-state index in [9.17, 15) is 14.0 Å². The molecular weight excluding hydrogens is 413 g/mol. The van der Waals surface area contributed by atoms with Crippen LogP contribution in [0.2, 0.25) is 0 Å².